The van der Waals surface area contributed by atoms with Crippen molar-refractivity contribution in [1.82, 2.24) is 9.62 Å². The average Bonchev–Trinajstić information content (AvgIpc) is 2.95. The molecule has 0 radical (unpaired) electrons. The number of unbranched alkanes of at least 4 members (excludes halogenated alkanes) is 1. The first-order valence-corrected chi connectivity index (χ1v) is 9.92. The molecule has 1 amide bonds. The number of carbonyl (C=O) groups excluding carboxylic acids is 1. The first kappa shape index (κ1) is 18.2. The van der Waals surface area contributed by atoms with Gasteiger partial charge in [-0.05, 0) is 19.3 Å². The van der Waals surface area contributed by atoms with Crippen LogP contribution in [0.2, 0.25) is 0 Å². The molecule has 1 heterocycles. The van der Waals surface area contributed by atoms with Gasteiger partial charge in [-0.25, -0.2) is 13.1 Å². The van der Waals surface area contributed by atoms with Gasteiger partial charge in [-0.3, -0.25) is 9.59 Å². The number of carbonyl (C=O) groups is 2. The molecule has 1 atom stereocenters. The van der Waals surface area contributed by atoms with Gasteiger partial charge in [-0.2, -0.15) is 0 Å². The number of carboxylic acid groups (broad SMARTS) is 1. The lowest BCUT2D eigenvalue weighted by Crippen LogP contribution is -2.61. The lowest BCUT2D eigenvalue weighted by Gasteiger charge is -2.40. The fraction of sp³-hybridized carbons (Fsp3) is 0.867. The van der Waals surface area contributed by atoms with Gasteiger partial charge < -0.3 is 10.0 Å². The van der Waals surface area contributed by atoms with E-state index in [9.17, 15) is 18.0 Å². The van der Waals surface area contributed by atoms with E-state index in [1.807, 2.05) is 6.92 Å². The van der Waals surface area contributed by atoms with Crippen LogP contribution in [0.15, 0.2) is 0 Å². The highest BCUT2D eigenvalue weighted by Crippen LogP contribution is 2.29. The molecule has 0 aromatic rings. The highest BCUT2D eigenvalue weighted by atomic mass is 32.2. The number of likely N-dealkylation sites (tertiary alicyclic amines) is 1. The summed E-state index contributed by atoms with van der Waals surface area (Å²) in [4.78, 5) is 24.9. The molecule has 132 valence electrons. The Labute approximate surface area is 137 Å². The van der Waals surface area contributed by atoms with E-state index in [0.717, 1.165) is 32.1 Å². The van der Waals surface area contributed by atoms with Gasteiger partial charge in [-0.15, -0.1) is 0 Å². The molecule has 23 heavy (non-hydrogen) atoms. The molecule has 1 aliphatic heterocycles. The largest absolute Gasteiger partial charge is 0.480 e. The van der Waals surface area contributed by atoms with Crippen molar-refractivity contribution in [3.63, 3.8) is 0 Å². The first-order chi connectivity index (χ1) is 10.8. The molecule has 0 spiro atoms. The standard InChI is InChI=1S/C15H26N2O5S/c1-2-3-8-13(15(19)20)16-23(21,22)12-9-17(10-12)14(18)11-6-4-5-7-11/h11-13,16H,2-10H2,1H3,(H,19,20). The van der Waals surface area contributed by atoms with Crippen LogP contribution in [0.5, 0.6) is 0 Å². The SMILES string of the molecule is CCCCC(NS(=O)(=O)C1CN(C(=O)C2CCCC2)C1)C(=O)O. The Balaban J connectivity index is 1.86. The minimum absolute atomic E-state index is 0.0444. The zero-order valence-electron chi connectivity index (χ0n) is 13.5. The maximum absolute atomic E-state index is 12.3. The molecule has 8 heteroatoms. The van der Waals surface area contributed by atoms with Crippen molar-refractivity contribution < 1.29 is 23.1 Å². The van der Waals surface area contributed by atoms with Crippen LogP contribution >= 0.6 is 0 Å². The van der Waals surface area contributed by atoms with Crippen molar-refractivity contribution in [2.24, 2.45) is 5.92 Å². The molecule has 1 saturated carbocycles. The van der Waals surface area contributed by atoms with E-state index in [4.69, 9.17) is 5.11 Å². The molecule has 1 unspecified atom stereocenters. The number of amides is 1. The van der Waals surface area contributed by atoms with Crippen LogP contribution in [-0.2, 0) is 19.6 Å². The summed E-state index contributed by atoms with van der Waals surface area (Å²) in [7, 11) is -3.71. The Morgan fingerprint density at radius 3 is 2.39 bits per heavy atom. The second kappa shape index (κ2) is 7.61. The summed E-state index contributed by atoms with van der Waals surface area (Å²) in [5.74, 6) is -1.06. The predicted octanol–water partition coefficient (Wildman–Crippen LogP) is 0.950. The zero-order valence-corrected chi connectivity index (χ0v) is 14.3. The van der Waals surface area contributed by atoms with Gasteiger partial charge in [0.2, 0.25) is 15.9 Å². The van der Waals surface area contributed by atoms with E-state index in [1.54, 1.807) is 4.90 Å². The Hall–Kier alpha value is -1.15. The van der Waals surface area contributed by atoms with Gasteiger partial charge in [-0.1, -0.05) is 32.6 Å². The Kier molecular flexibility index (Phi) is 6.02. The van der Waals surface area contributed by atoms with E-state index in [-0.39, 0.29) is 31.3 Å². The molecule has 0 aromatic carbocycles. The lowest BCUT2D eigenvalue weighted by molar-refractivity contribution is -0.140. The predicted molar refractivity (Wildman–Crippen MR) is 85.3 cm³/mol. The lowest BCUT2D eigenvalue weighted by atomic mass is 10.0. The van der Waals surface area contributed by atoms with Crippen LogP contribution in [-0.4, -0.2) is 54.7 Å². The highest BCUT2D eigenvalue weighted by molar-refractivity contribution is 7.90. The number of rotatable bonds is 8. The van der Waals surface area contributed by atoms with Crippen LogP contribution in [0.1, 0.15) is 51.9 Å². The molecule has 2 N–H and O–H groups in total. The molecule has 1 saturated heterocycles. The van der Waals surface area contributed by atoms with Crippen LogP contribution in [0.4, 0.5) is 0 Å². The van der Waals surface area contributed by atoms with Gasteiger partial charge in [0.25, 0.3) is 0 Å². The Morgan fingerprint density at radius 1 is 1.26 bits per heavy atom. The van der Waals surface area contributed by atoms with Crippen LogP contribution in [0, 0.1) is 5.92 Å². The quantitative estimate of drug-likeness (QED) is 0.681. The number of hydrogen-bond donors (Lipinski definition) is 2. The topological polar surface area (TPSA) is 104 Å². The zero-order chi connectivity index (χ0) is 17.0. The summed E-state index contributed by atoms with van der Waals surface area (Å²) < 4.78 is 26.8. The number of sulfonamides is 1. The third-order valence-corrected chi connectivity index (χ3v) is 6.54. The van der Waals surface area contributed by atoms with Crippen molar-refractivity contribution in [2.75, 3.05) is 13.1 Å². The molecule has 0 aromatic heterocycles. The summed E-state index contributed by atoms with van der Waals surface area (Å²) in [6, 6.07) is -1.08. The van der Waals surface area contributed by atoms with E-state index in [2.05, 4.69) is 4.72 Å². The molecule has 2 fully saturated rings. The maximum atomic E-state index is 12.3. The third-order valence-electron chi connectivity index (χ3n) is 4.75. The summed E-state index contributed by atoms with van der Waals surface area (Å²) in [6.45, 7) is 2.27. The fourth-order valence-corrected chi connectivity index (χ4v) is 4.74. The first-order valence-electron chi connectivity index (χ1n) is 8.38. The summed E-state index contributed by atoms with van der Waals surface area (Å²) in [5.41, 5.74) is 0. The summed E-state index contributed by atoms with van der Waals surface area (Å²) >= 11 is 0. The van der Waals surface area contributed by atoms with Gasteiger partial charge in [0.1, 0.15) is 11.3 Å². The molecule has 0 bridgehead atoms. The molecule has 2 rings (SSSR count). The number of nitrogens with one attached hydrogen (secondary N) is 1. The fourth-order valence-electron chi connectivity index (χ4n) is 3.18. The van der Waals surface area contributed by atoms with E-state index < -0.39 is 27.3 Å². The second-order valence-corrected chi connectivity index (χ2v) is 8.53. The van der Waals surface area contributed by atoms with Crippen molar-refractivity contribution >= 4 is 21.9 Å². The highest BCUT2D eigenvalue weighted by Gasteiger charge is 2.43. The third kappa shape index (κ3) is 4.44. The van der Waals surface area contributed by atoms with Crippen molar-refractivity contribution in [3.8, 4) is 0 Å². The number of hydrogen-bond acceptors (Lipinski definition) is 4. The monoisotopic (exact) mass is 346 g/mol. The molecule has 1 aliphatic carbocycles. The second-order valence-electron chi connectivity index (χ2n) is 6.54. The normalized spacial score (nSPS) is 21.2. The van der Waals surface area contributed by atoms with Crippen molar-refractivity contribution in [3.05, 3.63) is 0 Å². The summed E-state index contributed by atoms with van der Waals surface area (Å²) in [6.07, 6.45) is 5.64. The Morgan fingerprint density at radius 2 is 1.87 bits per heavy atom. The van der Waals surface area contributed by atoms with Gasteiger partial charge in [0, 0.05) is 19.0 Å². The van der Waals surface area contributed by atoms with E-state index in [0.29, 0.717) is 6.42 Å². The van der Waals surface area contributed by atoms with Crippen molar-refractivity contribution in [2.45, 2.75) is 63.2 Å². The minimum atomic E-state index is -3.71. The van der Waals surface area contributed by atoms with Crippen molar-refractivity contribution in [1.29, 1.82) is 0 Å². The smallest absolute Gasteiger partial charge is 0.321 e. The Bertz CT molecular complexity index is 536. The number of carboxylic acids is 1. The molecular formula is C15H26N2O5S. The number of aliphatic carboxylic acids is 1. The van der Waals surface area contributed by atoms with Crippen LogP contribution < -0.4 is 4.72 Å². The van der Waals surface area contributed by atoms with Gasteiger partial charge >= 0.3 is 5.97 Å². The molecular weight excluding hydrogens is 320 g/mol. The van der Waals surface area contributed by atoms with Crippen LogP contribution in [0.3, 0.4) is 0 Å². The van der Waals surface area contributed by atoms with Gasteiger partial charge in [0.15, 0.2) is 0 Å². The molecule has 2 aliphatic rings. The van der Waals surface area contributed by atoms with Crippen LogP contribution in [0.25, 0.3) is 0 Å². The summed E-state index contributed by atoms with van der Waals surface area (Å²) in [5, 5.41) is 8.43. The minimum Gasteiger partial charge on any atom is -0.480 e. The molecule has 7 nitrogen and oxygen atoms in total. The van der Waals surface area contributed by atoms with E-state index >= 15 is 0 Å². The number of nitrogens with zero attached hydrogens (tertiary/aromatic N) is 1. The van der Waals surface area contributed by atoms with E-state index in [1.165, 1.54) is 0 Å². The maximum Gasteiger partial charge on any atom is 0.321 e. The van der Waals surface area contributed by atoms with Gasteiger partial charge in [0.05, 0.1) is 0 Å². The average molecular weight is 346 g/mol.